The molecule has 1 saturated heterocycles. The monoisotopic (exact) mass is 368 g/mol. The summed E-state index contributed by atoms with van der Waals surface area (Å²) < 4.78 is 0. The SMILES string of the molecule is CCN1[C@@H](c2ccc(Cl)cc2)[C@@H](CNCC(C)(C)CO)C[C@@]1(C)CO. The standard InChI is InChI=1S/C20H33ClN2O2/c1-5-23-18(15-6-8-17(21)9-7-15)16(10-20(23,4)14-25)11-22-12-19(2,3)13-24/h6-9,16,18,22,24-25H,5,10-14H2,1-4H3/t16-,18+,20+/m1/s1. The molecule has 0 spiro atoms. The summed E-state index contributed by atoms with van der Waals surface area (Å²) in [7, 11) is 0. The Kier molecular flexibility index (Phi) is 6.91. The Balaban J connectivity index is 2.20. The molecule has 1 aliphatic heterocycles. The minimum Gasteiger partial charge on any atom is -0.396 e. The van der Waals surface area contributed by atoms with Crippen LogP contribution in [-0.2, 0) is 0 Å². The summed E-state index contributed by atoms with van der Waals surface area (Å²) in [6, 6.07) is 8.34. The van der Waals surface area contributed by atoms with Gasteiger partial charge in [-0.15, -0.1) is 0 Å². The maximum absolute atomic E-state index is 10.0. The maximum atomic E-state index is 10.0. The molecule has 3 atom stereocenters. The number of likely N-dealkylation sites (N-methyl/N-ethyl adjacent to an activating group) is 1. The molecule has 1 aliphatic rings. The Bertz CT molecular complexity index is 549. The van der Waals surface area contributed by atoms with Crippen LogP contribution < -0.4 is 5.32 Å². The average Bonchev–Trinajstić information content (AvgIpc) is 2.88. The van der Waals surface area contributed by atoms with E-state index in [2.05, 4.69) is 50.0 Å². The van der Waals surface area contributed by atoms with Gasteiger partial charge in [-0.3, -0.25) is 4.90 Å². The highest BCUT2D eigenvalue weighted by atomic mass is 35.5. The molecule has 2 rings (SSSR count). The molecule has 1 fully saturated rings. The van der Waals surface area contributed by atoms with Gasteiger partial charge in [0.25, 0.3) is 0 Å². The molecule has 25 heavy (non-hydrogen) atoms. The minimum atomic E-state index is -0.210. The van der Waals surface area contributed by atoms with Crippen molar-refractivity contribution < 1.29 is 10.2 Å². The zero-order chi connectivity index (χ0) is 18.7. The van der Waals surface area contributed by atoms with Crippen LogP contribution in [0.3, 0.4) is 0 Å². The van der Waals surface area contributed by atoms with Gasteiger partial charge >= 0.3 is 0 Å². The molecule has 0 aliphatic carbocycles. The summed E-state index contributed by atoms with van der Waals surface area (Å²) in [5.74, 6) is 0.396. The van der Waals surface area contributed by atoms with Crippen molar-refractivity contribution in [2.75, 3.05) is 32.8 Å². The number of aliphatic hydroxyl groups excluding tert-OH is 2. The fourth-order valence-electron chi connectivity index (χ4n) is 4.07. The lowest BCUT2D eigenvalue weighted by Gasteiger charge is -2.37. The highest BCUT2D eigenvalue weighted by molar-refractivity contribution is 6.30. The second kappa shape index (κ2) is 8.36. The predicted molar refractivity (Wildman–Crippen MR) is 104 cm³/mol. The van der Waals surface area contributed by atoms with Crippen LogP contribution in [0.25, 0.3) is 0 Å². The number of benzene rings is 1. The first-order valence-corrected chi connectivity index (χ1v) is 9.59. The van der Waals surface area contributed by atoms with Crippen molar-refractivity contribution in [3.8, 4) is 0 Å². The fourth-order valence-corrected chi connectivity index (χ4v) is 4.19. The highest BCUT2D eigenvalue weighted by Gasteiger charge is 2.47. The lowest BCUT2D eigenvalue weighted by atomic mass is 9.89. The van der Waals surface area contributed by atoms with E-state index < -0.39 is 0 Å². The smallest absolute Gasteiger partial charge is 0.0613 e. The summed E-state index contributed by atoms with van der Waals surface area (Å²) in [6.45, 7) is 11.3. The van der Waals surface area contributed by atoms with Gasteiger partial charge < -0.3 is 15.5 Å². The van der Waals surface area contributed by atoms with E-state index in [0.717, 1.165) is 31.1 Å². The first-order valence-electron chi connectivity index (χ1n) is 9.21. The first kappa shape index (κ1) is 20.7. The molecule has 142 valence electrons. The molecular weight excluding hydrogens is 336 g/mol. The van der Waals surface area contributed by atoms with Crippen LogP contribution in [0.5, 0.6) is 0 Å². The fraction of sp³-hybridized carbons (Fsp3) is 0.700. The molecular formula is C20H33ClN2O2. The Morgan fingerprint density at radius 1 is 1.28 bits per heavy atom. The van der Waals surface area contributed by atoms with Crippen molar-refractivity contribution in [3.63, 3.8) is 0 Å². The molecule has 4 nitrogen and oxygen atoms in total. The Hall–Kier alpha value is -0.650. The van der Waals surface area contributed by atoms with Gasteiger partial charge in [-0.25, -0.2) is 0 Å². The van der Waals surface area contributed by atoms with E-state index in [4.69, 9.17) is 11.6 Å². The van der Waals surface area contributed by atoms with Crippen LogP contribution in [0.2, 0.25) is 5.02 Å². The number of nitrogens with zero attached hydrogens (tertiary/aromatic N) is 1. The quantitative estimate of drug-likeness (QED) is 0.660. The largest absolute Gasteiger partial charge is 0.396 e. The average molecular weight is 369 g/mol. The van der Waals surface area contributed by atoms with E-state index in [0.29, 0.717) is 5.92 Å². The second-order valence-corrected chi connectivity index (χ2v) is 8.79. The van der Waals surface area contributed by atoms with Crippen LogP contribution in [0, 0.1) is 11.3 Å². The summed E-state index contributed by atoms with van der Waals surface area (Å²) in [4.78, 5) is 2.42. The van der Waals surface area contributed by atoms with Crippen molar-refractivity contribution in [2.45, 2.75) is 45.7 Å². The van der Waals surface area contributed by atoms with E-state index in [-0.39, 0.29) is 30.2 Å². The van der Waals surface area contributed by atoms with E-state index >= 15 is 0 Å². The number of hydrogen-bond donors (Lipinski definition) is 3. The second-order valence-electron chi connectivity index (χ2n) is 8.35. The zero-order valence-electron chi connectivity index (χ0n) is 15.9. The first-order chi connectivity index (χ1) is 11.8. The topological polar surface area (TPSA) is 55.7 Å². The summed E-state index contributed by atoms with van der Waals surface area (Å²) >= 11 is 6.07. The number of aliphatic hydroxyl groups is 2. The van der Waals surface area contributed by atoms with Crippen LogP contribution >= 0.6 is 11.6 Å². The van der Waals surface area contributed by atoms with Gasteiger partial charge in [0.1, 0.15) is 0 Å². The third-order valence-corrected chi connectivity index (χ3v) is 5.76. The van der Waals surface area contributed by atoms with Gasteiger partial charge in [0.2, 0.25) is 0 Å². The molecule has 1 aromatic rings. The van der Waals surface area contributed by atoms with Gasteiger partial charge in [0.05, 0.1) is 6.61 Å². The third-order valence-electron chi connectivity index (χ3n) is 5.51. The Labute approximate surface area is 157 Å². The lowest BCUT2D eigenvalue weighted by Crippen LogP contribution is -2.45. The molecule has 0 unspecified atom stereocenters. The summed E-state index contributed by atoms with van der Waals surface area (Å²) in [5.41, 5.74) is 0.911. The van der Waals surface area contributed by atoms with Gasteiger partial charge in [0.15, 0.2) is 0 Å². The molecule has 0 bridgehead atoms. The van der Waals surface area contributed by atoms with Crippen molar-refractivity contribution in [1.82, 2.24) is 10.2 Å². The van der Waals surface area contributed by atoms with Crippen LogP contribution in [0.4, 0.5) is 0 Å². The molecule has 3 N–H and O–H groups in total. The Morgan fingerprint density at radius 2 is 1.92 bits per heavy atom. The van der Waals surface area contributed by atoms with E-state index in [1.54, 1.807) is 0 Å². The van der Waals surface area contributed by atoms with Gasteiger partial charge in [0, 0.05) is 35.2 Å². The minimum absolute atomic E-state index is 0.126. The van der Waals surface area contributed by atoms with Crippen LogP contribution in [-0.4, -0.2) is 53.5 Å². The van der Waals surface area contributed by atoms with Gasteiger partial charge in [-0.2, -0.15) is 0 Å². The zero-order valence-corrected chi connectivity index (χ0v) is 16.7. The van der Waals surface area contributed by atoms with Crippen LogP contribution in [0.15, 0.2) is 24.3 Å². The number of nitrogens with one attached hydrogen (secondary N) is 1. The Morgan fingerprint density at radius 3 is 2.44 bits per heavy atom. The predicted octanol–water partition coefficient (Wildman–Crippen LogP) is 3.08. The normalized spacial score (nSPS) is 27.8. The van der Waals surface area contributed by atoms with E-state index in [1.165, 1.54) is 5.56 Å². The van der Waals surface area contributed by atoms with Crippen molar-refractivity contribution >= 4 is 11.6 Å². The number of hydrogen-bond acceptors (Lipinski definition) is 4. The highest BCUT2D eigenvalue weighted by Crippen LogP contribution is 2.46. The molecule has 0 amide bonds. The molecule has 5 heteroatoms. The number of halogens is 1. The van der Waals surface area contributed by atoms with Crippen molar-refractivity contribution in [2.24, 2.45) is 11.3 Å². The third kappa shape index (κ3) is 4.75. The van der Waals surface area contributed by atoms with E-state index in [9.17, 15) is 10.2 Å². The number of rotatable bonds is 8. The lowest BCUT2D eigenvalue weighted by molar-refractivity contribution is 0.0578. The van der Waals surface area contributed by atoms with Crippen molar-refractivity contribution in [3.05, 3.63) is 34.9 Å². The molecule has 1 heterocycles. The summed E-state index contributed by atoms with van der Waals surface area (Å²) in [6.07, 6.45) is 0.942. The van der Waals surface area contributed by atoms with Gasteiger partial charge in [-0.1, -0.05) is 44.5 Å². The molecule has 0 radical (unpaired) electrons. The summed E-state index contributed by atoms with van der Waals surface area (Å²) in [5, 5.41) is 23.8. The number of likely N-dealkylation sites (tertiary alicyclic amines) is 1. The van der Waals surface area contributed by atoms with Crippen molar-refractivity contribution in [1.29, 1.82) is 0 Å². The van der Waals surface area contributed by atoms with Crippen LogP contribution in [0.1, 0.15) is 45.7 Å². The van der Waals surface area contributed by atoms with E-state index in [1.807, 2.05) is 12.1 Å². The molecule has 1 aromatic carbocycles. The molecule has 0 aromatic heterocycles. The van der Waals surface area contributed by atoms with Gasteiger partial charge in [-0.05, 0) is 50.0 Å². The maximum Gasteiger partial charge on any atom is 0.0613 e. The molecule has 0 saturated carbocycles.